The van der Waals surface area contributed by atoms with Crippen molar-refractivity contribution >= 4 is 5.91 Å². The number of hydrogen-bond donors (Lipinski definition) is 1. The predicted molar refractivity (Wildman–Crippen MR) is 69.6 cm³/mol. The molecule has 0 heterocycles. The van der Waals surface area contributed by atoms with Crippen LogP contribution in [0.2, 0.25) is 0 Å². The fraction of sp³-hybridized carbons (Fsp3) is 0.462. The van der Waals surface area contributed by atoms with Gasteiger partial charge in [-0.3, -0.25) is 9.63 Å². The molecule has 6 nitrogen and oxygen atoms in total. The molecule has 0 saturated carbocycles. The number of carbonyl (C=O) groups is 1. The molecular weight excluding hydrogens is 250 g/mol. The van der Waals surface area contributed by atoms with Gasteiger partial charge in [-0.15, -0.1) is 0 Å². The molecule has 0 aromatic heterocycles. The molecule has 1 aromatic carbocycles. The Hall–Kier alpha value is -1.95. The molecule has 106 valence electrons. The van der Waals surface area contributed by atoms with Gasteiger partial charge in [0, 0.05) is 0 Å². The van der Waals surface area contributed by atoms with Gasteiger partial charge in [0.2, 0.25) is 11.7 Å². The summed E-state index contributed by atoms with van der Waals surface area (Å²) in [5.74, 6) is 1.29. The zero-order valence-electron chi connectivity index (χ0n) is 11.6. The molecular formula is C13H19NO5. The lowest BCUT2D eigenvalue weighted by Gasteiger charge is -2.14. The molecule has 1 rings (SSSR count). The molecule has 19 heavy (non-hydrogen) atoms. The third-order valence-electron chi connectivity index (χ3n) is 2.42. The summed E-state index contributed by atoms with van der Waals surface area (Å²) < 4.78 is 15.6. The Kier molecular flexibility index (Phi) is 5.95. The van der Waals surface area contributed by atoms with Gasteiger partial charge in [0.15, 0.2) is 11.5 Å². The second-order valence-corrected chi connectivity index (χ2v) is 3.67. The fourth-order valence-electron chi connectivity index (χ4n) is 1.61. The topological polar surface area (TPSA) is 66.0 Å². The van der Waals surface area contributed by atoms with Crippen LogP contribution < -0.4 is 19.7 Å². The lowest BCUT2D eigenvalue weighted by Crippen LogP contribution is -2.25. The quantitative estimate of drug-likeness (QED) is 0.756. The highest BCUT2D eigenvalue weighted by Crippen LogP contribution is 2.38. The van der Waals surface area contributed by atoms with Crippen molar-refractivity contribution in [3.63, 3.8) is 0 Å². The van der Waals surface area contributed by atoms with Crippen LogP contribution in [0.15, 0.2) is 12.1 Å². The highest BCUT2D eigenvalue weighted by Gasteiger charge is 2.14. The molecule has 0 spiro atoms. The maximum atomic E-state index is 11.6. The van der Waals surface area contributed by atoms with Crippen LogP contribution >= 0.6 is 0 Å². The molecule has 0 atom stereocenters. The van der Waals surface area contributed by atoms with E-state index in [1.54, 1.807) is 19.1 Å². The van der Waals surface area contributed by atoms with Crippen LogP contribution in [0.4, 0.5) is 0 Å². The molecule has 1 amide bonds. The number of rotatable bonds is 7. The van der Waals surface area contributed by atoms with Gasteiger partial charge in [0.1, 0.15) is 0 Å². The fourth-order valence-corrected chi connectivity index (χ4v) is 1.61. The van der Waals surface area contributed by atoms with Crippen LogP contribution in [-0.4, -0.2) is 33.8 Å². The highest BCUT2D eigenvalue weighted by atomic mass is 16.6. The van der Waals surface area contributed by atoms with E-state index in [4.69, 9.17) is 19.0 Å². The zero-order valence-corrected chi connectivity index (χ0v) is 11.6. The van der Waals surface area contributed by atoms with Crippen LogP contribution in [0.1, 0.15) is 12.5 Å². The summed E-state index contributed by atoms with van der Waals surface area (Å²) in [7, 11) is 4.59. The van der Waals surface area contributed by atoms with Gasteiger partial charge in [-0.2, -0.15) is 0 Å². The molecule has 0 aliphatic heterocycles. The molecule has 0 unspecified atom stereocenters. The number of benzene rings is 1. The van der Waals surface area contributed by atoms with E-state index in [-0.39, 0.29) is 12.3 Å². The maximum absolute atomic E-state index is 11.6. The summed E-state index contributed by atoms with van der Waals surface area (Å²) in [5.41, 5.74) is 3.07. The summed E-state index contributed by atoms with van der Waals surface area (Å²) in [6.07, 6.45) is 0.163. The molecule has 0 radical (unpaired) electrons. The first-order valence-corrected chi connectivity index (χ1v) is 5.85. The molecule has 0 fully saturated rings. The monoisotopic (exact) mass is 269 g/mol. The number of ether oxygens (including phenoxy) is 3. The summed E-state index contributed by atoms with van der Waals surface area (Å²) in [6.45, 7) is 2.21. The molecule has 6 heteroatoms. The van der Waals surface area contributed by atoms with Crippen LogP contribution in [0.3, 0.4) is 0 Å². The Labute approximate surface area is 112 Å². The molecule has 1 aromatic rings. The minimum Gasteiger partial charge on any atom is -0.493 e. The van der Waals surface area contributed by atoms with Crippen molar-refractivity contribution in [2.45, 2.75) is 13.3 Å². The molecule has 0 aliphatic carbocycles. The summed E-state index contributed by atoms with van der Waals surface area (Å²) in [6, 6.07) is 3.46. The third kappa shape index (κ3) is 4.03. The Morgan fingerprint density at radius 3 is 2.11 bits per heavy atom. The van der Waals surface area contributed by atoms with E-state index in [1.165, 1.54) is 21.3 Å². The second-order valence-electron chi connectivity index (χ2n) is 3.67. The SMILES string of the molecule is CCONC(=O)Cc1cc(OC)c(OC)c(OC)c1. The molecule has 0 aliphatic rings. The highest BCUT2D eigenvalue weighted by molar-refractivity contribution is 5.78. The predicted octanol–water partition coefficient (Wildman–Crippen LogP) is 1.32. The van der Waals surface area contributed by atoms with Crippen molar-refractivity contribution in [2.75, 3.05) is 27.9 Å². The van der Waals surface area contributed by atoms with Crippen molar-refractivity contribution in [1.29, 1.82) is 0 Å². The van der Waals surface area contributed by atoms with Crippen molar-refractivity contribution in [1.82, 2.24) is 5.48 Å². The Morgan fingerprint density at radius 1 is 1.11 bits per heavy atom. The van der Waals surface area contributed by atoms with E-state index >= 15 is 0 Å². The number of hydrogen-bond acceptors (Lipinski definition) is 5. The molecule has 1 N–H and O–H groups in total. The zero-order chi connectivity index (χ0) is 14.3. The minimum absolute atomic E-state index is 0.163. The van der Waals surface area contributed by atoms with Crippen LogP contribution in [0.5, 0.6) is 17.2 Å². The first-order chi connectivity index (χ1) is 9.15. The third-order valence-corrected chi connectivity index (χ3v) is 2.42. The number of hydroxylamine groups is 1. The standard InChI is InChI=1S/C13H19NO5/c1-5-19-14-12(15)8-9-6-10(16-2)13(18-4)11(7-9)17-3/h6-7H,5,8H2,1-4H3,(H,14,15). The van der Waals surface area contributed by atoms with E-state index in [9.17, 15) is 4.79 Å². The van der Waals surface area contributed by atoms with Gasteiger partial charge in [0.25, 0.3) is 0 Å². The normalized spacial score (nSPS) is 9.89. The largest absolute Gasteiger partial charge is 0.493 e. The Balaban J connectivity index is 2.93. The van der Waals surface area contributed by atoms with Gasteiger partial charge in [-0.25, -0.2) is 5.48 Å². The van der Waals surface area contributed by atoms with E-state index in [2.05, 4.69) is 5.48 Å². The van der Waals surface area contributed by atoms with Gasteiger partial charge in [-0.1, -0.05) is 0 Å². The van der Waals surface area contributed by atoms with E-state index in [0.29, 0.717) is 23.9 Å². The lowest BCUT2D eigenvalue weighted by atomic mass is 10.1. The van der Waals surface area contributed by atoms with E-state index in [0.717, 1.165) is 5.56 Å². The van der Waals surface area contributed by atoms with Gasteiger partial charge < -0.3 is 14.2 Å². The smallest absolute Gasteiger partial charge is 0.247 e. The maximum Gasteiger partial charge on any atom is 0.247 e. The summed E-state index contributed by atoms with van der Waals surface area (Å²) in [5, 5.41) is 0. The van der Waals surface area contributed by atoms with Crippen molar-refractivity contribution in [3.8, 4) is 17.2 Å². The summed E-state index contributed by atoms with van der Waals surface area (Å²) in [4.78, 5) is 16.4. The average molecular weight is 269 g/mol. The number of carbonyl (C=O) groups excluding carboxylic acids is 1. The van der Waals surface area contributed by atoms with Gasteiger partial charge in [0.05, 0.1) is 34.4 Å². The first kappa shape index (κ1) is 15.1. The van der Waals surface area contributed by atoms with Crippen LogP contribution in [0, 0.1) is 0 Å². The Bertz CT molecular complexity index is 408. The number of nitrogens with one attached hydrogen (secondary N) is 1. The summed E-state index contributed by atoms with van der Waals surface area (Å²) >= 11 is 0. The number of methoxy groups -OCH3 is 3. The second kappa shape index (κ2) is 7.48. The first-order valence-electron chi connectivity index (χ1n) is 5.85. The van der Waals surface area contributed by atoms with Gasteiger partial charge >= 0.3 is 0 Å². The molecule has 0 saturated heterocycles. The van der Waals surface area contributed by atoms with E-state index < -0.39 is 0 Å². The molecule has 0 bridgehead atoms. The lowest BCUT2D eigenvalue weighted by molar-refractivity contribution is -0.132. The number of amides is 1. The van der Waals surface area contributed by atoms with Crippen molar-refractivity contribution in [3.05, 3.63) is 17.7 Å². The average Bonchev–Trinajstić information content (AvgIpc) is 2.43. The van der Waals surface area contributed by atoms with E-state index in [1.807, 2.05) is 0 Å². The minimum atomic E-state index is -0.240. The Morgan fingerprint density at radius 2 is 1.68 bits per heavy atom. The van der Waals surface area contributed by atoms with Crippen LogP contribution in [0.25, 0.3) is 0 Å². The van der Waals surface area contributed by atoms with Crippen LogP contribution in [-0.2, 0) is 16.1 Å². The van der Waals surface area contributed by atoms with Gasteiger partial charge in [-0.05, 0) is 24.6 Å². The van der Waals surface area contributed by atoms with Crippen molar-refractivity contribution in [2.24, 2.45) is 0 Å². The van der Waals surface area contributed by atoms with Crippen molar-refractivity contribution < 1.29 is 23.8 Å².